The van der Waals surface area contributed by atoms with Crippen LogP contribution in [0, 0.1) is 0 Å². The molecule has 0 radical (unpaired) electrons. The van der Waals surface area contributed by atoms with E-state index in [1.807, 2.05) is 0 Å². The van der Waals surface area contributed by atoms with Crippen LogP contribution in [-0.4, -0.2) is 23.6 Å². The Bertz CT molecular complexity index is 234. The van der Waals surface area contributed by atoms with E-state index in [9.17, 15) is 9.59 Å². The summed E-state index contributed by atoms with van der Waals surface area (Å²) in [5.74, 6) is -0.688. The molecule has 3 nitrogen and oxygen atoms in total. The molecule has 1 aliphatic rings. The van der Waals surface area contributed by atoms with E-state index in [1.54, 1.807) is 12.3 Å². The van der Waals surface area contributed by atoms with Crippen molar-refractivity contribution >= 4 is 23.5 Å². The Morgan fingerprint density at radius 3 is 2.73 bits per heavy atom. The molecule has 0 aromatic heterocycles. The maximum atomic E-state index is 11.1. The predicted molar refractivity (Wildman–Crippen MR) is 42.2 cm³/mol. The smallest absolute Gasteiger partial charge is 0.330 e. The number of thioether (sulfide) groups is 1. The molecule has 11 heavy (non-hydrogen) atoms. The number of carbonyl (C=O) groups is 2. The van der Waals surface area contributed by atoms with Crippen LogP contribution < -0.4 is 0 Å². The van der Waals surface area contributed by atoms with E-state index in [0.29, 0.717) is 0 Å². The van der Waals surface area contributed by atoms with Gasteiger partial charge in [-0.25, -0.2) is 0 Å². The second-order valence-corrected chi connectivity index (χ2v) is 3.63. The molecule has 0 amide bonds. The summed E-state index contributed by atoms with van der Waals surface area (Å²) in [6.07, 6.45) is 1.39. The van der Waals surface area contributed by atoms with Crippen molar-refractivity contribution in [2.45, 2.75) is 11.7 Å². The molecule has 0 aromatic carbocycles. The fourth-order valence-corrected chi connectivity index (χ4v) is 1.62. The van der Waals surface area contributed by atoms with Crippen molar-refractivity contribution in [2.24, 2.45) is 0 Å². The van der Waals surface area contributed by atoms with Crippen LogP contribution in [0.15, 0.2) is 11.5 Å². The van der Waals surface area contributed by atoms with Crippen LogP contribution in [0.5, 0.6) is 0 Å². The highest BCUT2D eigenvalue weighted by Crippen LogP contribution is 2.34. The Morgan fingerprint density at radius 1 is 1.73 bits per heavy atom. The lowest BCUT2D eigenvalue weighted by Gasteiger charge is -2.16. The minimum atomic E-state index is -1.03. The van der Waals surface area contributed by atoms with Gasteiger partial charge < -0.3 is 4.74 Å². The Labute approximate surface area is 68.8 Å². The van der Waals surface area contributed by atoms with Crippen molar-refractivity contribution in [3.63, 3.8) is 0 Å². The quantitative estimate of drug-likeness (QED) is 0.432. The third-order valence-electron chi connectivity index (χ3n) is 1.57. The number of allylic oxidation sites excluding steroid dienone is 1. The summed E-state index contributed by atoms with van der Waals surface area (Å²) >= 11 is 1.18. The minimum absolute atomic E-state index is 0.200. The highest BCUT2D eigenvalue weighted by atomic mass is 32.2. The van der Waals surface area contributed by atoms with Gasteiger partial charge in [0.05, 0.1) is 7.11 Å². The molecule has 4 heteroatoms. The van der Waals surface area contributed by atoms with Crippen LogP contribution in [0.4, 0.5) is 0 Å². The number of ketones is 1. The predicted octanol–water partition coefficient (Wildman–Crippen LogP) is 0.748. The van der Waals surface area contributed by atoms with Crippen LogP contribution in [0.3, 0.4) is 0 Å². The second-order valence-electron chi connectivity index (χ2n) is 2.31. The van der Waals surface area contributed by atoms with Crippen molar-refractivity contribution in [3.05, 3.63) is 11.5 Å². The Kier molecular flexibility index (Phi) is 2.04. The van der Waals surface area contributed by atoms with E-state index in [1.165, 1.54) is 24.9 Å². The molecule has 60 valence electrons. The first-order chi connectivity index (χ1) is 5.11. The van der Waals surface area contributed by atoms with Crippen LogP contribution in [0.1, 0.15) is 6.92 Å². The highest BCUT2D eigenvalue weighted by Gasteiger charge is 2.43. The number of esters is 1. The second kappa shape index (κ2) is 2.70. The molecule has 1 atom stereocenters. The first kappa shape index (κ1) is 8.33. The Balaban J connectivity index is 2.84. The fraction of sp³-hybridized carbons (Fsp3) is 0.429. The zero-order valence-corrected chi connectivity index (χ0v) is 7.10. The molecule has 0 bridgehead atoms. The van der Waals surface area contributed by atoms with Gasteiger partial charge in [0, 0.05) is 0 Å². The number of hydrogen-bond donors (Lipinski definition) is 0. The average Bonchev–Trinajstić information content (AvgIpc) is 2.32. The van der Waals surface area contributed by atoms with Gasteiger partial charge in [0.25, 0.3) is 0 Å². The lowest BCUT2D eigenvalue weighted by molar-refractivity contribution is -0.145. The van der Waals surface area contributed by atoms with E-state index in [4.69, 9.17) is 0 Å². The van der Waals surface area contributed by atoms with Crippen molar-refractivity contribution in [1.82, 2.24) is 0 Å². The zero-order chi connectivity index (χ0) is 8.48. The highest BCUT2D eigenvalue weighted by molar-refractivity contribution is 8.05. The standard InChI is InChI=1S/C7H8O3S/c1-7(6(9)10-2)5(8)3-4-11-7/h3-4H,1-2H3. The molecule has 0 aromatic rings. The molecule has 0 N–H and O–H groups in total. The average molecular weight is 172 g/mol. The van der Waals surface area contributed by atoms with Crippen LogP contribution in [-0.2, 0) is 14.3 Å². The fourth-order valence-electron chi connectivity index (χ4n) is 0.792. The summed E-state index contributed by atoms with van der Waals surface area (Å²) in [7, 11) is 1.28. The minimum Gasteiger partial charge on any atom is -0.468 e. The van der Waals surface area contributed by atoms with E-state index < -0.39 is 10.7 Å². The van der Waals surface area contributed by atoms with Gasteiger partial charge in [-0.2, -0.15) is 0 Å². The molecule has 0 saturated carbocycles. The third kappa shape index (κ3) is 1.18. The van der Waals surface area contributed by atoms with Crippen molar-refractivity contribution < 1.29 is 14.3 Å². The van der Waals surface area contributed by atoms with E-state index in [2.05, 4.69) is 4.74 Å². The number of rotatable bonds is 1. The molecule has 0 aliphatic carbocycles. The SMILES string of the molecule is COC(=O)C1(C)SC=CC1=O. The number of methoxy groups -OCH3 is 1. The van der Waals surface area contributed by atoms with E-state index in [0.717, 1.165) is 0 Å². The monoisotopic (exact) mass is 172 g/mol. The van der Waals surface area contributed by atoms with Crippen molar-refractivity contribution in [1.29, 1.82) is 0 Å². The molecular formula is C7H8O3S. The molecule has 0 fully saturated rings. The van der Waals surface area contributed by atoms with Crippen molar-refractivity contribution in [3.8, 4) is 0 Å². The van der Waals surface area contributed by atoms with Crippen LogP contribution >= 0.6 is 11.8 Å². The van der Waals surface area contributed by atoms with E-state index in [-0.39, 0.29) is 5.78 Å². The van der Waals surface area contributed by atoms with Gasteiger partial charge in [0.2, 0.25) is 0 Å². The van der Waals surface area contributed by atoms with E-state index >= 15 is 0 Å². The lowest BCUT2D eigenvalue weighted by atomic mass is 10.1. The topological polar surface area (TPSA) is 43.4 Å². The third-order valence-corrected chi connectivity index (χ3v) is 2.68. The molecule has 0 spiro atoms. The largest absolute Gasteiger partial charge is 0.468 e. The van der Waals surface area contributed by atoms with Gasteiger partial charge in [0.15, 0.2) is 10.5 Å². The van der Waals surface area contributed by atoms with Gasteiger partial charge in [0.1, 0.15) is 0 Å². The summed E-state index contributed by atoms with van der Waals surface area (Å²) in [4.78, 5) is 22.1. The number of ether oxygens (including phenoxy) is 1. The zero-order valence-electron chi connectivity index (χ0n) is 6.29. The maximum absolute atomic E-state index is 11.1. The summed E-state index contributed by atoms with van der Waals surface area (Å²) in [5, 5.41) is 1.61. The lowest BCUT2D eigenvalue weighted by Crippen LogP contribution is -2.37. The molecule has 1 heterocycles. The molecule has 0 saturated heterocycles. The number of carbonyl (C=O) groups excluding carboxylic acids is 2. The van der Waals surface area contributed by atoms with Gasteiger partial charge >= 0.3 is 5.97 Å². The summed E-state index contributed by atoms with van der Waals surface area (Å²) in [6, 6.07) is 0. The van der Waals surface area contributed by atoms with Crippen molar-refractivity contribution in [2.75, 3.05) is 7.11 Å². The molecular weight excluding hydrogens is 164 g/mol. The molecule has 1 rings (SSSR count). The van der Waals surface area contributed by atoms with Gasteiger partial charge in [-0.15, -0.1) is 11.8 Å². The molecule has 1 aliphatic heterocycles. The number of hydrogen-bond acceptors (Lipinski definition) is 4. The van der Waals surface area contributed by atoms with Crippen LogP contribution in [0.2, 0.25) is 0 Å². The van der Waals surface area contributed by atoms with Gasteiger partial charge in [-0.1, -0.05) is 0 Å². The Morgan fingerprint density at radius 2 is 2.36 bits per heavy atom. The summed E-state index contributed by atoms with van der Waals surface area (Å²) in [5.41, 5.74) is 0. The summed E-state index contributed by atoms with van der Waals surface area (Å²) in [6.45, 7) is 1.56. The maximum Gasteiger partial charge on any atom is 0.330 e. The molecule has 1 unspecified atom stereocenters. The van der Waals surface area contributed by atoms with Gasteiger partial charge in [-0.05, 0) is 18.4 Å². The normalized spacial score (nSPS) is 29.1. The first-order valence-corrected chi connectivity index (χ1v) is 3.96. The Hall–Kier alpha value is -0.770. The summed E-state index contributed by atoms with van der Waals surface area (Å²) < 4.78 is 3.45. The van der Waals surface area contributed by atoms with Gasteiger partial charge in [-0.3, -0.25) is 9.59 Å². The first-order valence-electron chi connectivity index (χ1n) is 3.08. The van der Waals surface area contributed by atoms with Crippen LogP contribution in [0.25, 0.3) is 0 Å².